The van der Waals surface area contributed by atoms with Gasteiger partial charge in [-0.25, -0.2) is 4.39 Å². The van der Waals surface area contributed by atoms with E-state index in [9.17, 15) is 9.18 Å². The first-order chi connectivity index (χ1) is 9.92. The summed E-state index contributed by atoms with van der Waals surface area (Å²) in [6, 6.07) is 2.73. The highest BCUT2D eigenvalue weighted by molar-refractivity contribution is 5.94. The van der Waals surface area contributed by atoms with E-state index in [-0.39, 0.29) is 5.56 Å². The molecule has 0 saturated heterocycles. The molecule has 2 rings (SSSR count). The van der Waals surface area contributed by atoms with E-state index in [1.807, 2.05) is 20.2 Å². The maximum Gasteiger partial charge on any atom is 0.248 e. The fourth-order valence-corrected chi connectivity index (χ4v) is 2.22. The molecular formula is C15H19FN4O. The third-order valence-corrected chi connectivity index (χ3v) is 3.42. The molecule has 0 saturated carbocycles. The van der Waals surface area contributed by atoms with Crippen molar-refractivity contribution in [3.63, 3.8) is 0 Å². The van der Waals surface area contributed by atoms with Crippen molar-refractivity contribution >= 4 is 11.6 Å². The van der Waals surface area contributed by atoms with Crippen molar-refractivity contribution in [3.8, 4) is 0 Å². The molecule has 0 aliphatic rings. The van der Waals surface area contributed by atoms with Crippen LogP contribution in [-0.4, -0.2) is 15.7 Å². The Kier molecular flexibility index (Phi) is 4.26. The Morgan fingerprint density at radius 3 is 2.81 bits per heavy atom. The van der Waals surface area contributed by atoms with E-state index in [1.165, 1.54) is 0 Å². The standard InChI is InChI=1S/C15H19FN4O/c1-4-13-11(8-20(3)19-13)7-18-14-6-10(15(17)21)5-12(16)9(14)2/h5-6,8,18H,4,7H2,1-3H3,(H2,17,21). The number of nitrogens with zero attached hydrogens (tertiary/aromatic N) is 2. The minimum Gasteiger partial charge on any atom is -0.381 e. The molecule has 0 spiro atoms. The third kappa shape index (κ3) is 3.21. The van der Waals surface area contributed by atoms with Crippen LogP contribution in [0, 0.1) is 12.7 Å². The lowest BCUT2D eigenvalue weighted by atomic mass is 10.1. The molecule has 1 aromatic heterocycles. The van der Waals surface area contributed by atoms with Gasteiger partial charge in [0, 0.05) is 42.2 Å². The summed E-state index contributed by atoms with van der Waals surface area (Å²) in [5, 5.41) is 7.51. The number of nitrogens with one attached hydrogen (secondary N) is 1. The molecule has 1 heterocycles. The Labute approximate surface area is 123 Å². The molecule has 5 nitrogen and oxygen atoms in total. The Hall–Kier alpha value is -2.37. The van der Waals surface area contributed by atoms with E-state index in [0.717, 1.165) is 23.7 Å². The van der Waals surface area contributed by atoms with Gasteiger partial charge in [0.05, 0.1) is 5.69 Å². The number of hydrogen-bond acceptors (Lipinski definition) is 3. The molecule has 0 aliphatic heterocycles. The fourth-order valence-electron chi connectivity index (χ4n) is 2.22. The Morgan fingerprint density at radius 1 is 1.48 bits per heavy atom. The Balaban J connectivity index is 2.25. The van der Waals surface area contributed by atoms with E-state index < -0.39 is 11.7 Å². The molecule has 0 bridgehead atoms. The summed E-state index contributed by atoms with van der Waals surface area (Å²) in [7, 11) is 1.86. The summed E-state index contributed by atoms with van der Waals surface area (Å²) >= 11 is 0. The molecule has 6 heteroatoms. The second-order valence-corrected chi connectivity index (χ2v) is 4.98. The number of carbonyl (C=O) groups excluding carboxylic acids is 1. The zero-order valence-electron chi connectivity index (χ0n) is 12.4. The second-order valence-electron chi connectivity index (χ2n) is 4.98. The zero-order chi connectivity index (χ0) is 15.6. The van der Waals surface area contributed by atoms with Gasteiger partial charge in [0.25, 0.3) is 0 Å². The number of aryl methyl sites for hydroxylation is 2. The maximum atomic E-state index is 13.8. The van der Waals surface area contributed by atoms with Gasteiger partial charge in [-0.05, 0) is 25.5 Å². The van der Waals surface area contributed by atoms with Gasteiger partial charge in [0.15, 0.2) is 0 Å². The number of halogens is 1. The smallest absolute Gasteiger partial charge is 0.248 e. The monoisotopic (exact) mass is 290 g/mol. The molecule has 0 fully saturated rings. The average Bonchev–Trinajstić information content (AvgIpc) is 2.80. The number of amides is 1. The quantitative estimate of drug-likeness (QED) is 0.886. The lowest BCUT2D eigenvalue weighted by molar-refractivity contribution is 0.1000. The summed E-state index contributed by atoms with van der Waals surface area (Å²) in [5.41, 5.74) is 8.43. The summed E-state index contributed by atoms with van der Waals surface area (Å²) in [6.07, 6.45) is 2.75. The second kappa shape index (κ2) is 5.95. The number of hydrogen-bond donors (Lipinski definition) is 2. The normalized spacial score (nSPS) is 10.7. The first kappa shape index (κ1) is 15.0. The lowest BCUT2D eigenvalue weighted by Gasteiger charge is -2.11. The lowest BCUT2D eigenvalue weighted by Crippen LogP contribution is -2.13. The van der Waals surface area contributed by atoms with Crippen LogP contribution in [0.3, 0.4) is 0 Å². The van der Waals surface area contributed by atoms with Crippen molar-refractivity contribution in [3.05, 3.63) is 46.5 Å². The molecule has 3 N–H and O–H groups in total. The van der Waals surface area contributed by atoms with Crippen LogP contribution in [0.1, 0.15) is 34.1 Å². The first-order valence-corrected chi connectivity index (χ1v) is 6.77. The van der Waals surface area contributed by atoms with Gasteiger partial charge in [-0.3, -0.25) is 9.48 Å². The zero-order valence-corrected chi connectivity index (χ0v) is 12.4. The van der Waals surface area contributed by atoms with Crippen LogP contribution in [0.4, 0.5) is 10.1 Å². The van der Waals surface area contributed by atoms with E-state index >= 15 is 0 Å². The van der Waals surface area contributed by atoms with Crippen LogP contribution in [-0.2, 0) is 20.0 Å². The Bertz CT molecular complexity index is 679. The minimum absolute atomic E-state index is 0.155. The Morgan fingerprint density at radius 2 is 2.19 bits per heavy atom. The number of rotatable bonds is 5. The van der Waals surface area contributed by atoms with Crippen molar-refractivity contribution in [2.45, 2.75) is 26.8 Å². The van der Waals surface area contributed by atoms with Crippen molar-refractivity contribution in [2.24, 2.45) is 12.8 Å². The highest BCUT2D eigenvalue weighted by Crippen LogP contribution is 2.22. The van der Waals surface area contributed by atoms with Gasteiger partial charge < -0.3 is 11.1 Å². The number of aromatic nitrogens is 2. The van der Waals surface area contributed by atoms with Gasteiger partial charge in [0.1, 0.15) is 5.82 Å². The molecule has 0 aliphatic carbocycles. The predicted octanol–water partition coefficient (Wildman–Crippen LogP) is 2.14. The molecule has 2 aromatic rings. The highest BCUT2D eigenvalue weighted by atomic mass is 19.1. The molecule has 0 unspecified atom stereocenters. The number of primary amides is 1. The van der Waals surface area contributed by atoms with Crippen LogP contribution in [0.5, 0.6) is 0 Å². The molecule has 1 aromatic carbocycles. The average molecular weight is 290 g/mol. The number of carbonyl (C=O) groups is 1. The van der Waals surface area contributed by atoms with Crippen LogP contribution < -0.4 is 11.1 Å². The van der Waals surface area contributed by atoms with Crippen molar-refractivity contribution in [1.82, 2.24) is 9.78 Å². The minimum atomic E-state index is -0.646. The van der Waals surface area contributed by atoms with E-state index in [2.05, 4.69) is 10.4 Å². The van der Waals surface area contributed by atoms with E-state index in [4.69, 9.17) is 5.73 Å². The van der Waals surface area contributed by atoms with Crippen molar-refractivity contribution in [1.29, 1.82) is 0 Å². The van der Waals surface area contributed by atoms with Crippen molar-refractivity contribution < 1.29 is 9.18 Å². The van der Waals surface area contributed by atoms with Crippen LogP contribution >= 0.6 is 0 Å². The number of benzene rings is 1. The maximum absolute atomic E-state index is 13.8. The highest BCUT2D eigenvalue weighted by Gasteiger charge is 2.11. The molecular weight excluding hydrogens is 271 g/mol. The topological polar surface area (TPSA) is 72.9 Å². The van der Waals surface area contributed by atoms with Crippen molar-refractivity contribution in [2.75, 3.05) is 5.32 Å². The first-order valence-electron chi connectivity index (χ1n) is 6.77. The summed E-state index contributed by atoms with van der Waals surface area (Å²) in [4.78, 5) is 11.2. The summed E-state index contributed by atoms with van der Waals surface area (Å²) in [5.74, 6) is -1.09. The van der Waals surface area contributed by atoms with Crippen LogP contribution in [0.2, 0.25) is 0 Å². The van der Waals surface area contributed by atoms with Gasteiger partial charge in [-0.1, -0.05) is 6.92 Å². The third-order valence-electron chi connectivity index (χ3n) is 3.42. The molecule has 0 radical (unpaired) electrons. The van der Waals surface area contributed by atoms with Crippen LogP contribution in [0.15, 0.2) is 18.3 Å². The predicted molar refractivity (Wildman–Crippen MR) is 79.6 cm³/mol. The van der Waals surface area contributed by atoms with Gasteiger partial charge in [-0.2, -0.15) is 5.10 Å². The molecule has 21 heavy (non-hydrogen) atoms. The fraction of sp³-hybridized carbons (Fsp3) is 0.333. The summed E-state index contributed by atoms with van der Waals surface area (Å²) in [6.45, 7) is 4.20. The molecule has 112 valence electrons. The van der Waals surface area contributed by atoms with E-state index in [0.29, 0.717) is 17.8 Å². The van der Waals surface area contributed by atoms with E-state index in [1.54, 1.807) is 17.7 Å². The molecule has 1 amide bonds. The number of anilines is 1. The van der Waals surface area contributed by atoms with Crippen LogP contribution in [0.25, 0.3) is 0 Å². The number of nitrogens with two attached hydrogens (primary N) is 1. The summed E-state index contributed by atoms with van der Waals surface area (Å²) < 4.78 is 15.6. The molecule has 0 atom stereocenters. The largest absolute Gasteiger partial charge is 0.381 e. The van der Waals surface area contributed by atoms with Gasteiger partial charge in [-0.15, -0.1) is 0 Å². The van der Waals surface area contributed by atoms with Gasteiger partial charge >= 0.3 is 0 Å². The van der Waals surface area contributed by atoms with Gasteiger partial charge in [0.2, 0.25) is 5.91 Å². The SMILES string of the molecule is CCc1nn(C)cc1CNc1cc(C(N)=O)cc(F)c1C.